The van der Waals surface area contributed by atoms with E-state index in [2.05, 4.69) is 12.2 Å². The maximum absolute atomic E-state index is 12.0. The molecule has 4 N–H and O–H groups in total. The van der Waals surface area contributed by atoms with E-state index in [9.17, 15) is 14.7 Å². The Morgan fingerprint density at radius 3 is 3.00 bits per heavy atom. The van der Waals surface area contributed by atoms with Gasteiger partial charge in [-0.15, -0.1) is 11.3 Å². The van der Waals surface area contributed by atoms with E-state index < -0.39 is 5.91 Å². The highest BCUT2D eigenvalue weighted by atomic mass is 32.1. The molecule has 1 saturated heterocycles. The highest BCUT2D eigenvalue weighted by Gasteiger charge is 2.31. The number of amides is 2. The summed E-state index contributed by atoms with van der Waals surface area (Å²) in [6.45, 7) is 3.14. The zero-order valence-electron chi connectivity index (χ0n) is 11.3. The minimum absolute atomic E-state index is 0.0275. The molecule has 1 aromatic heterocycles. The van der Waals surface area contributed by atoms with Gasteiger partial charge < -0.3 is 16.2 Å². The SMILES string of the molecule is CC1CCN(CC(=O)Nc2sccc2C(N)=O)C1CO. The van der Waals surface area contributed by atoms with Gasteiger partial charge in [-0.3, -0.25) is 14.5 Å². The summed E-state index contributed by atoms with van der Waals surface area (Å²) < 4.78 is 0. The molecule has 1 fully saturated rings. The lowest BCUT2D eigenvalue weighted by Crippen LogP contribution is -2.40. The van der Waals surface area contributed by atoms with E-state index in [0.29, 0.717) is 16.5 Å². The van der Waals surface area contributed by atoms with E-state index in [0.717, 1.165) is 13.0 Å². The molecule has 1 aliphatic rings. The van der Waals surface area contributed by atoms with Crippen LogP contribution in [-0.2, 0) is 4.79 Å². The Kier molecular flexibility index (Phi) is 4.74. The van der Waals surface area contributed by atoms with Crippen LogP contribution in [0.5, 0.6) is 0 Å². The number of primary amides is 1. The van der Waals surface area contributed by atoms with E-state index in [1.165, 1.54) is 11.3 Å². The zero-order valence-corrected chi connectivity index (χ0v) is 12.2. The Bertz CT molecular complexity index is 503. The number of thiophene rings is 1. The van der Waals surface area contributed by atoms with Crippen molar-refractivity contribution < 1.29 is 14.7 Å². The highest BCUT2D eigenvalue weighted by molar-refractivity contribution is 7.14. The van der Waals surface area contributed by atoms with Gasteiger partial charge in [0.1, 0.15) is 5.00 Å². The molecule has 0 spiro atoms. The number of hydrogen-bond acceptors (Lipinski definition) is 5. The van der Waals surface area contributed by atoms with E-state index >= 15 is 0 Å². The molecule has 2 heterocycles. The van der Waals surface area contributed by atoms with Gasteiger partial charge >= 0.3 is 0 Å². The van der Waals surface area contributed by atoms with Crippen molar-refractivity contribution in [3.05, 3.63) is 17.0 Å². The number of carbonyl (C=O) groups is 2. The van der Waals surface area contributed by atoms with Gasteiger partial charge in [0.05, 0.1) is 18.7 Å². The molecule has 7 heteroatoms. The number of anilines is 1. The number of nitrogens with zero attached hydrogens (tertiary/aromatic N) is 1. The molecule has 0 saturated carbocycles. The van der Waals surface area contributed by atoms with Crippen LogP contribution in [0.3, 0.4) is 0 Å². The van der Waals surface area contributed by atoms with Crippen LogP contribution in [0.2, 0.25) is 0 Å². The van der Waals surface area contributed by atoms with Crippen LogP contribution in [0.15, 0.2) is 11.4 Å². The maximum atomic E-state index is 12.0. The number of nitrogens with two attached hydrogens (primary N) is 1. The third-order valence-corrected chi connectivity index (χ3v) is 4.54. The first-order valence-electron chi connectivity index (χ1n) is 6.55. The summed E-state index contributed by atoms with van der Waals surface area (Å²) in [5.41, 5.74) is 5.56. The Hall–Kier alpha value is -1.44. The summed E-state index contributed by atoms with van der Waals surface area (Å²) >= 11 is 1.27. The van der Waals surface area contributed by atoms with Crippen molar-refractivity contribution in [2.45, 2.75) is 19.4 Å². The first-order chi connectivity index (χ1) is 9.52. The van der Waals surface area contributed by atoms with Crippen molar-refractivity contribution in [1.82, 2.24) is 4.90 Å². The molecule has 0 aromatic carbocycles. The minimum atomic E-state index is -0.551. The molecule has 2 amide bonds. The zero-order chi connectivity index (χ0) is 14.7. The summed E-state index contributed by atoms with van der Waals surface area (Å²) in [6, 6.07) is 1.62. The lowest BCUT2D eigenvalue weighted by atomic mass is 10.0. The van der Waals surface area contributed by atoms with E-state index in [1.54, 1.807) is 11.4 Å². The van der Waals surface area contributed by atoms with E-state index in [-0.39, 0.29) is 25.1 Å². The van der Waals surface area contributed by atoms with Gasteiger partial charge in [-0.2, -0.15) is 0 Å². The monoisotopic (exact) mass is 297 g/mol. The number of hydrogen-bond donors (Lipinski definition) is 3. The van der Waals surface area contributed by atoms with Gasteiger partial charge in [-0.25, -0.2) is 0 Å². The Morgan fingerprint density at radius 2 is 2.35 bits per heavy atom. The molecule has 6 nitrogen and oxygen atoms in total. The van der Waals surface area contributed by atoms with Crippen LogP contribution in [-0.4, -0.2) is 47.6 Å². The molecule has 2 rings (SSSR count). The fourth-order valence-corrected chi connectivity index (χ4v) is 3.34. The largest absolute Gasteiger partial charge is 0.395 e. The lowest BCUT2D eigenvalue weighted by molar-refractivity contribution is -0.117. The van der Waals surface area contributed by atoms with Crippen molar-refractivity contribution in [1.29, 1.82) is 0 Å². The number of nitrogens with one attached hydrogen (secondary N) is 1. The molecule has 2 unspecified atom stereocenters. The average Bonchev–Trinajstić information content (AvgIpc) is 2.96. The quantitative estimate of drug-likeness (QED) is 0.737. The molecule has 2 atom stereocenters. The standard InChI is InChI=1S/C13H19N3O3S/c1-8-2-4-16(10(8)7-17)6-11(18)15-13-9(12(14)19)3-5-20-13/h3,5,8,10,17H,2,4,6-7H2,1H3,(H2,14,19)(H,15,18). The van der Waals surface area contributed by atoms with Gasteiger partial charge in [0.25, 0.3) is 5.91 Å². The summed E-state index contributed by atoms with van der Waals surface area (Å²) in [6.07, 6.45) is 0.976. The fraction of sp³-hybridized carbons (Fsp3) is 0.538. The normalized spacial score (nSPS) is 22.9. The van der Waals surface area contributed by atoms with Gasteiger partial charge in [-0.1, -0.05) is 6.92 Å². The molecule has 0 radical (unpaired) electrons. The van der Waals surface area contributed by atoms with Crippen LogP contribution in [0.1, 0.15) is 23.7 Å². The summed E-state index contributed by atoms with van der Waals surface area (Å²) in [7, 11) is 0. The first-order valence-corrected chi connectivity index (χ1v) is 7.43. The molecule has 110 valence electrons. The smallest absolute Gasteiger partial charge is 0.251 e. The third-order valence-electron chi connectivity index (χ3n) is 3.71. The molecule has 1 aliphatic heterocycles. The van der Waals surface area contributed by atoms with Crippen LogP contribution in [0, 0.1) is 5.92 Å². The van der Waals surface area contributed by atoms with Crippen molar-refractivity contribution in [2.75, 3.05) is 25.0 Å². The Morgan fingerprint density at radius 1 is 1.60 bits per heavy atom. The number of aliphatic hydroxyl groups excluding tert-OH is 1. The van der Waals surface area contributed by atoms with Crippen LogP contribution < -0.4 is 11.1 Å². The Labute approximate surface area is 121 Å². The van der Waals surface area contributed by atoms with Crippen LogP contribution >= 0.6 is 11.3 Å². The van der Waals surface area contributed by atoms with Crippen molar-refractivity contribution in [3.8, 4) is 0 Å². The maximum Gasteiger partial charge on any atom is 0.251 e. The van der Waals surface area contributed by atoms with Crippen LogP contribution in [0.4, 0.5) is 5.00 Å². The molecule has 1 aromatic rings. The lowest BCUT2D eigenvalue weighted by Gasteiger charge is -2.24. The van der Waals surface area contributed by atoms with Crippen molar-refractivity contribution in [3.63, 3.8) is 0 Å². The second-order valence-corrected chi connectivity index (χ2v) is 5.98. The third kappa shape index (κ3) is 3.17. The number of likely N-dealkylation sites (tertiary alicyclic amines) is 1. The molecular weight excluding hydrogens is 278 g/mol. The predicted octanol–water partition coefficient (Wildman–Crippen LogP) is 0.488. The van der Waals surface area contributed by atoms with Crippen molar-refractivity contribution in [2.24, 2.45) is 11.7 Å². The van der Waals surface area contributed by atoms with E-state index in [4.69, 9.17) is 5.73 Å². The van der Waals surface area contributed by atoms with Gasteiger partial charge in [-0.05, 0) is 30.3 Å². The average molecular weight is 297 g/mol. The van der Waals surface area contributed by atoms with E-state index in [1.807, 2.05) is 4.90 Å². The number of aliphatic hydroxyl groups is 1. The fourth-order valence-electron chi connectivity index (χ4n) is 2.53. The predicted molar refractivity (Wildman–Crippen MR) is 77.7 cm³/mol. The first kappa shape index (κ1) is 15.0. The number of carbonyl (C=O) groups excluding carboxylic acids is 2. The molecular formula is C13H19N3O3S. The second kappa shape index (κ2) is 6.34. The summed E-state index contributed by atoms with van der Waals surface area (Å²) in [5, 5.41) is 14.3. The number of rotatable bonds is 5. The van der Waals surface area contributed by atoms with Gasteiger partial charge in [0.15, 0.2) is 0 Å². The van der Waals surface area contributed by atoms with Crippen LogP contribution in [0.25, 0.3) is 0 Å². The highest BCUT2D eigenvalue weighted by Crippen LogP contribution is 2.25. The van der Waals surface area contributed by atoms with Crippen molar-refractivity contribution >= 4 is 28.2 Å². The van der Waals surface area contributed by atoms with Gasteiger partial charge in [0.2, 0.25) is 5.91 Å². The summed E-state index contributed by atoms with van der Waals surface area (Å²) in [5.74, 6) is -0.359. The molecule has 0 aliphatic carbocycles. The molecule has 0 bridgehead atoms. The Balaban J connectivity index is 1.96. The van der Waals surface area contributed by atoms with Gasteiger partial charge in [0, 0.05) is 6.04 Å². The second-order valence-electron chi connectivity index (χ2n) is 5.06. The molecule has 20 heavy (non-hydrogen) atoms. The minimum Gasteiger partial charge on any atom is -0.395 e. The summed E-state index contributed by atoms with van der Waals surface area (Å²) in [4.78, 5) is 25.2. The topological polar surface area (TPSA) is 95.7 Å².